The van der Waals surface area contributed by atoms with E-state index in [1.807, 2.05) is 78.8 Å². The van der Waals surface area contributed by atoms with Gasteiger partial charge in [0.15, 0.2) is 0 Å². The standard InChI is InChI=1S/C26H36N2O2/c1-8-23(25(30)27-26(5,6)7)28(17-21-13-10-18(2)11-14-21)24(29)16-22-15-19(3)9-12-20(22)4/h9-15,23H,8,16-17H2,1-7H3,(H,27,30). The van der Waals surface area contributed by atoms with Gasteiger partial charge in [-0.2, -0.15) is 0 Å². The summed E-state index contributed by atoms with van der Waals surface area (Å²) in [4.78, 5) is 28.3. The molecule has 0 aliphatic rings. The van der Waals surface area contributed by atoms with Crippen molar-refractivity contribution in [1.29, 1.82) is 0 Å². The van der Waals surface area contributed by atoms with E-state index in [-0.39, 0.29) is 17.4 Å². The second kappa shape index (κ2) is 9.92. The van der Waals surface area contributed by atoms with Gasteiger partial charge < -0.3 is 10.2 Å². The molecule has 4 heteroatoms. The average molecular weight is 409 g/mol. The van der Waals surface area contributed by atoms with Crippen molar-refractivity contribution in [3.63, 3.8) is 0 Å². The van der Waals surface area contributed by atoms with Gasteiger partial charge in [-0.3, -0.25) is 9.59 Å². The smallest absolute Gasteiger partial charge is 0.243 e. The summed E-state index contributed by atoms with van der Waals surface area (Å²) >= 11 is 0. The third-order valence-electron chi connectivity index (χ3n) is 5.20. The summed E-state index contributed by atoms with van der Waals surface area (Å²) in [5.74, 6) is -0.133. The Morgan fingerprint density at radius 1 is 0.967 bits per heavy atom. The van der Waals surface area contributed by atoms with E-state index in [4.69, 9.17) is 0 Å². The Labute approximate surface area is 181 Å². The summed E-state index contributed by atoms with van der Waals surface area (Å²) in [6.07, 6.45) is 0.852. The van der Waals surface area contributed by atoms with E-state index in [1.54, 1.807) is 4.90 Å². The predicted molar refractivity (Wildman–Crippen MR) is 123 cm³/mol. The molecule has 2 aromatic rings. The lowest BCUT2D eigenvalue weighted by atomic mass is 10.0. The van der Waals surface area contributed by atoms with Crippen LogP contribution in [0.2, 0.25) is 0 Å². The van der Waals surface area contributed by atoms with Gasteiger partial charge in [-0.25, -0.2) is 0 Å². The predicted octanol–water partition coefficient (Wildman–Crippen LogP) is 4.88. The Kier molecular flexibility index (Phi) is 7.83. The molecule has 0 aliphatic carbocycles. The highest BCUT2D eigenvalue weighted by atomic mass is 16.2. The van der Waals surface area contributed by atoms with Gasteiger partial charge in [0.1, 0.15) is 6.04 Å². The molecule has 162 valence electrons. The molecule has 0 aromatic heterocycles. The maximum Gasteiger partial charge on any atom is 0.243 e. The molecule has 1 N–H and O–H groups in total. The van der Waals surface area contributed by atoms with Gasteiger partial charge in [0.2, 0.25) is 11.8 Å². The average Bonchev–Trinajstić information content (AvgIpc) is 2.64. The molecule has 0 fully saturated rings. The van der Waals surface area contributed by atoms with Crippen LogP contribution in [0, 0.1) is 20.8 Å². The Morgan fingerprint density at radius 3 is 2.13 bits per heavy atom. The first-order chi connectivity index (χ1) is 14.0. The Hall–Kier alpha value is -2.62. The highest BCUT2D eigenvalue weighted by Crippen LogP contribution is 2.18. The van der Waals surface area contributed by atoms with Gasteiger partial charge in [0.05, 0.1) is 6.42 Å². The summed E-state index contributed by atoms with van der Waals surface area (Å²) in [5.41, 5.74) is 5.08. The van der Waals surface area contributed by atoms with Gasteiger partial charge in [0, 0.05) is 12.1 Å². The van der Waals surface area contributed by atoms with E-state index in [9.17, 15) is 9.59 Å². The SMILES string of the molecule is CCC(C(=O)NC(C)(C)C)N(Cc1ccc(C)cc1)C(=O)Cc1cc(C)ccc1C. The largest absolute Gasteiger partial charge is 0.350 e. The summed E-state index contributed by atoms with van der Waals surface area (Å²) in [6, 6.07) is 13.8. The molecule has 0 bridgehead atoms. The molecule has 0 aliphatic heterocycles. The minimum Gasteiger partial charge on any atom is -0.350 e. The van der Waals surface area contributed by atoms with Gasteiger partial charge in [-0.15, -0.1) is 0 Å². The van der Waals surface area contributed by atoms with Gasteiger partial charge in [-0.1, -0.05) is 60.5 Å². The normalized spacial score (nSPS) is 12.4. The fraction of sp³-hybridized carbons (Fsp3) is 0.462. The number of nitrogens with zero attached hydrogens (tertiary/aromatic N) is 1. The fourth-order valence-corrected chi connectivity index (χ4v) is 3.52. The van der Waals surface area contributed by atoms with Crippen LogP contribution in [0.4, 0.5) is 0 Å². The second-order valence-electron chi connectivity index (χ2n) is 9.28. The summed E-state index contributed by atoms with van der Waals surface area (Å²) in [6.45, 7) is 14.3. The fourth-order valence-electron chi connectivity index (χ4n) is 3.52. The molecule has 0 saturated carbocycles. The van der Waals surface area contributed by atoms with Crippen molar-refractivity contribution in [2.24, 2.45) is 0 Å². The molecule has 2 rings (SSSR count). The Balaban J connectivity index is 2.35. The van der Waals surface area contributed by atoms with Crippen LogP contribution < -0.4 is 5.32 Å². The number of benzene rings is 2. The van der Waals surface area contributed by atoms with Crippen molar-refractivity contribution in [3.05, 3.63) is 70.3 Å². The number of hydrogen-bond donors (Lipinski definition) is 1. The van der Waals surface area contributed by atoms with E-state index < -0.39 is 6.04 Å². The lowest BCUT2D eigenvalue weighted by molar-refractivity contribution is -0.141. The van der Waals surface area contributed by atoms with Crippen molar-refractivity contribution in [2.75, 3.05) is 0 Å². The maximum absolute atomic E-state index is 13.5. The first-order valence-electron chi connectivity index (χ1n) is 10.7. The number of aryl methyl sites for hydroxylation is 3. The molecule has 0 heterocycles. The number of rotatable bonds is 7. The lowest BCUT2D eigenvalue weighted by Gasteiger charge is -2.33. The molecule has 2 amide bonds. The zero-order valence-electron chi connectivity index (χ0n) is 19.5. The van der Waals surface area contributed by atoms with Crippen molar-refractivity contribution >= 4 is 11.8 Å². The van der Waals surface area contributed by atoms with E-state index in [2.05, 4.69) is 17.4 Å². The number of carbonyl (C=O) groups excluding carboxylic acids is 2. The van der Waals surface area contributed by atoms with Crippen LogP contribution in [-0.2, 0) is 22.6 Å². The Bertz CT molecular complexity index is 879. The minimum atomic E-state index is -0.511. The van der Waals surface area contributed by atoms with Crippen LogP contribution in [0.5, 0.6) is 0 Å². The first-order valence-corrected chi connectivity index (χ1v) is 10.7. The lowest BCUT2D eigenvalue weighted by Crippen LogP contribution is -2.53. The topological polar surface area (TPSA) is 49.4 Å². The van der Waals surface area contributed by atoms with Crippen LogP contribution in [-0.4, -0.2) is 28.3 Å². The number of hydrogen-bond acceptors (Lipinski definition) is 2. The molecule has 0 spiro atoms. The van der Waals surface area contributed by atoms with Crippen LogP contribution >= 0.6 is 0 Å². The summed E-state index contributed by atoms with van der Waals surface area (Å²) in [5, 5.41) is 3.05. The van der Waals surface area contributed by atoms with Crippen LogP contribution in [0.1, 0.15) is 61.9 Å². The Morgan fingerprint density at radius 2 is 1.57 bits per heavy atom. The molecule has 1 unspecified atom stereocenters. The van der Waals surface area contributed by atoms with E-state index >= 15 is 0 Å². The third kappa shape index (κ3) is 6.72. The van der Waals surface area contributed by atoms with Crippen molar-refractivity contribution in [1.82, 2.24) is 10.2 Å². The summed E-state index contributed by atoms with van der Waals surface area (Å²) in [7, 11) is 0. The van der Waals surface area contributed by atoms with Crippen molar-refractivity contribution in [2.45, 2.75) is 79.4 Å². The molecule has 0 saturated heterocycles. The molecule has 30 heavy (non-hydrogen) atoms. The molecular formula is C26H36N2O2. The highest BCUT2D eigenvalue weighted by Gasteiger charge is 2.30. The molecule has 0 radical (unpaired) electrons. The summed E-state index contributed by atoms with van der Waals surface area (Å²) < 4.78 is 0. The van der Waals surface area contributed by atoms with E-state index in [0.29, 0.717) is 19.4 Å². The van der Waals surface area contributed by atoms with E-state index in [1.165, 1.54) is 5.56 Å². The van der Waals surface area contributed by atoms with Crippen molar-refractivity contribution < 1.29 is 9.59 Å². The van der Waals surface area contributed by atoms with Crippen molar-refractivity contribution in [3.8, 4) is 0 Å². The first kappa shape index (κ1) is 23.7. The second-order valence-corrected chi connectivity index (χ2v) is 9.28. The zero-order chi connectivity index (χ0) is 22.5. The molecular weight excluding hydrogens is 372 g/mol. The molecule has 2 aromatic carbocycles. The van der Waals surface area contributed by atoms with Crippen LogP contribution in [0.3, 0.4) is 0 Å². The van der Waals surface area contributed by atoms with Gasteiger partial charge in [0.25, 0.3) is 0 Å². The van der Waals surface area contributed by atoms with Crippen LogP contribution in [0.25, 0.3) is 0 Å². The number of carbonyl (C=O) groups is 2. The van der Waals surface area contributed by atoms with E-state index in [0.717, 1.165) is 22.3 Å². The number of amides is 2. The zero-order valence-corrected chi connectivity index (χ0v) is 19.5. The minimum absolute atomic E-state index is 0.0276. The maximum atomic E-state index is 13.5. The quantitative estimate of drug-likeness (QED) is 0.710. The monoisotopic (exact) mass is 408 g/mol. The third-order valence-corrected chi connectivity index (χ3v) is 5.20. The van der Waals surface area contributed by atoms with Gasteiger partial charge >= 0.3 is 0 Å². The van der Waals surface area contributed by atoms with Gasteiger partial charge in [-0.05, 0) is 64.7 Å². The molecule has 4 nitrogen and oxygen atoms in total. The molecule has 1 atom stereocenters. The van der Waals surface area contributed by atoms with Crippen LogP contribution in [0.15, 0.2) is 42.5 Å². The highest BCUT2D eigenvalue weighted by molar-refractivity contribution is 5.89. The number of nitrogens with one attached hydrogen (secondary N) is 1.